The van der Waals surface area contributed by atoms with Crippen LogP contribution in [-0.2, 0) is 9.59 Å². The normalized spacial score (nSPS) is 12.2. The fraction of sp³-hybridized carbons (Fsp3) is 0.714. The number of hydrogen-bond acceptors (Lipinski definition) is 3. The maximum absolute atomic E-state index is 11.1. The molecule has 1 atom stereocenters. The average Bonchev–Trinajstić information content (AvgIpc) is 2.00. The van der Waals surface area contributed by atoms with Gasteiger partial charge in [-0.2, -0.15) is 0 Å². The van der Waals surface area contributed by atoms with Crippen LogP contribution in [0.5, 0.6) is 0 Å². The van der Waals surface area contributed by atoms with Crippen LogP contribution in [0.4, 0.5) is 0 Å². The minimum atomic E-state index is -0.539. The van der Waals surface area contributed by atoms with Crippen molar-refractivity contribution in [3.8, 4) is 0 Å². The van der Waals surface area contributed by atoms with Crippen molar-refractivity contribution in [1.82, 2.24) is 5.32 Å². The van der Waals surface area contributed by atoms with Gasteiger partial charge in [-0.15, -0.1) is 0 Å². The average molecular weight is 173 g/mol. The molecule has 12 heavy (non-hydrogen) atoms. The summed E-state index contributed by atoms with van der Waals surface area (Å²) < 4.78 is 0. The Hall–Kier alpha value is -1.10. The van der Waals surface area contributed by atoms with Gasteiger partial charge in [0, 0.05) is 5.92 Å². The Kier molecular flexibility index (Phi) is 5.03. The Morgan fingerprint density at radius 2 is 2.08 bits per heavy atom. The van der Waals surface area contributed by atoms with Crippen LogP contribution in [0.3, 0.4) is 0 Å². The molecule has 0 aromatic carbocycles. The number of amides is 2. The maximum atomic E-state index is 11.1. The first-order chi connectivity index (χ1) is 5.57. The molecule has 5 heteroatoms. The first kappa shape index (κ1) is 10.9. The van der Waals surface area contributed by atoms with E-state index in [0.717, 1.165) is 0 Å². The number of nitrogens with one attached hydrogen (secondary N) is 1. The van der Waals surface area contributed by atoms with Crippen molar-refractivity contribution in [2.45, 2.75) is 13.3 Å². The van der Waals surface area contributed by atoms with Crippen LogP contribution in [0.15, 0.2) is 0 Å². The van der Waals surface area contributed by atoms with Crippen molar-refractivity contribution in [2.75, 3.05) is 13.1 Å². The zero-order valence-corrected chi connectivity index (χ0v) is 7.17. The summed E-state index contributed by atoms with van der Waals surface area (Å²) in [4.78, 5) is 21.3. The van der Waals surface area contributed by atoms with E-state index in [-0.39, 0.29) is 18.4 Å². The molecule has 0 aliphatic heterocycles. The number of hydrogen-bond donors (Lipinski definition) is 3. The van der Waals surface area contributed by atoms with Gasteiger partial charge in [-0.05, 0) is 13.0 Å². The molecule has 0 rings (SSSR count). The molecule has 0 saturated carbocycles. The Balaban J connectivity index is 3.64. The van der Waals surface area contributed by atoms with E-state index in [1.54, 1.807) is 6.92 Å². The molecular weight excluding hydrogens is 158 g/mol. The van der Waals surface area contributed by atoms with E-state index in [2.05, 4.69) is 5.32 Å². The lowest BCUT2D eigenvalue weighted by Crippen LogP contribution is -2.36. The van der Waals surface area contributed by atoms with Gasteiger partial charge in [0.15, 0.2) is 0 Å². The molecule has 0 unspecified atom stereocenters. The smallest absolute Gasteiger partial charge is 0.236 e. The first-order valence-corrected chi connectivity index (χ1v) is 3.84. The Bertz CT molecular complexity index is 170. The number of nitrogens with two attached hydrogens (primary N) is 2. The van der Waals surface area contributed by atoms with E-state index < -0.39 is 5.91 Å². The van der Waals surface area contributed by atoms with E-state index in [9.17, 15) is 9.59 Å². The summed E-state index contributed by atoms with van der Waals surface area (Å²) in [6.07, 6.45) is 0.616. The summed E-state index contributed by atoms with van der Waals surface area (Å²) in [5.41, 5.74) is 10.1. The molecule has 2 amide bonds. The Labute approximate surface area is 71.5 Å². The third-order valence-corrected chi connectivity index (χ3v) is 1.48. The van der Waals surface area contributed by atoms with Crippen molar-refractivity contribution in [3.63, 3.8) is 0 Å². The van der Waals surface area contributed by atoms with Gasteiger partial charge in [0.1, 0.15) is 0 Å². The van der Waals surface area contributed by atoms with Crippen LogP contribution in [0.1, 0.15) is 13.3 Å². The number of rotatable bonds is 5. The molecule has 0 aliphatic carbocycles. The van der Waals surface area contributed by atoms with Crippen LogP contribution in [0.2, 0.25) is 0 Å². The highest BCUT2D eigenvalue weighted by atomic mass is 16.2. The summed E-state index contributed by atoms with van der Waals surface area (Å²) in [5, 5.41) is 2.40. The van der Waals surface area contributed by atoms with Crippen molar-refractivity contribution in [3.05, 3.63) is 0 Å². The molecule has 0 aliphatic rings. The van der Waals surface area contributed by atoms with Crippen LogP contribution >= 0.6 is 0 Å². The van der Waals surface area contributed by atoms with E-state index in [1.165, 1.54) is 0 Å². The van der Waals surface area contributed by atoms with Crippen LogP contribution in [0.25, 0.3) is 0 Å². The van der Waals surface area contributed by atoms with Gasteiger partial charge in [-0.25, -0.2) is 0 Å². The standard InChI is InChI=1S/C7H15N3O2/c1-5(2-3-8)7(12)10-4-6(9)11/h5H,2-4,8H2,1H3,(H2,9,11)(H,10,12)/t5-/m0/s1. The van der Waals surface area contributed by atoms with Gasteiger partial charge in [0.05, 0.1) is 6.54 Å². The molecule has 0 aromatic heterocycles. The fourth-order valence-corrected chi connectivity index (χ4v) is 0.730. The van der Waals surface area contributed by atoms with E-state index in [4.69, 9.17) is 11.5 Å². The van der Waals surface area contributed by atoms with Crippen molar-refractivity contribution < 1.29 is 9.59 Å². The largest absolute Gasteiger partial charge is 0.368 e. The van der Waals surface area contributed by atoms with Crippen LogP contribution in [0, 0.1) is 5.92 Å². The van der Waals surface area contributed by atoms with Crippen LogP contribution in [-0.4, -0.2) is 24.9 Å². The molecule has 0 fully saturated rings. The quantitative estimate of drug-likeness (QED) is 0.475. The van der Waals surface area contributed by atoms with Gasteiger partial charge in [0.25, 0.3) is 0 Å². The number of carbonyl (C=O) groups is 2. The molecule has 0 saturated heterocycles. The van der Waals surface area contributed by atoms with Crippen molar-refractivity contribution >= 4 is 11.8 Å². The predicted molar refractivity (Wildman–Crippen MR) is 45.0 cm³/mol. The number of carbonyl (C=O) groups excluding carboxylic acids is 2. The summed E-state index contributed by atoms with van der Waals surface area (Å²) in [6, 6.07) is 0. The highest BCUT2D eigenvalue weighted by Crippen LogP contribution is 1.98. The highest BCUT2D eigenvalue weighted by molar-refractivity contribution is 5.84. The molecule has 0 bridgehead atoms. The predicted octanol–water partition coefficient (Wildman–Crippen LogP) is -1.43. The first-order valence-electron chi connectivity index (χ1n) is 3.84. The highest BCUT2D eigenvalue weighted by Gasteiger charge is 2.11. The third-order valence-electron chi connectivity index (χ3n) is 1.48. The summed E-state index contributed by atoms with van der Waals surface area (Å²) in [7, 11) is 0. The lowest BCUT2D eigenvalue weighted by molar-refractivity contribution is -0.127. The lowest BCUT2D eigenvalue weighted by Gasteiger charge is -2.08. The van der Waals surface area contributed by atoms with E-state index >= 15 is 0 Å². The molecule has 0 spiro atoms. The monoisotopic (exact) mass is 173 g/mol. The van der Waals surface area contributed by atoms with Gasteiger partial charge < -0.3 is 16.8 Å². The third kappa shape index (κ3) is 4.68. The fourth-order valence-electron chi connectivity index (χ4n) is 0.730. The zero-order chi connectivity index (χ0) is 9.56. The van der Waals surface area contributed by atoms with Gasteiger partial charge in [-0.1, -0.05) is 6.92 Å². The van der Waals surface area contributed by atoms with Gasteiger partial charge in [-0.3, -0.25) is 9.59 Å². The van der Waals surface area contributed by atoms with Crippen LogP contribution < -0.4 is 16.8 Å². The molecule has 70 valence electrons. The second kappa shape index (κ2) is 5.54. The minimum Gasteiger partial charge on any atom is -0.368 e. The molecule has 0 aromatic rings. The lowest BCUT2D eigenvalue weighted by atomic mass is 10.1. The zero-order valence-electron chi connectivity index (χ0n) is 7.17. The van der Waals surface area contributed by atoms with Crippen molar-refractivity contribution in [1.29, 1.82) is 0 Å². The van der Waals surface area contributed by atoms with Gasteiger partial charge in [0.2, 0.25) is 11.8 Å². The molecular formula is C7H15N3O2. The van der Waals surface area contributed by atoms with E-state index in [0.29, 0.717) is 13.0 Å². The van der Waals surface area contributed by atoms with Crippen molar-refractivity contribution in [2.24, 2.45) is 17.4 Å². The molecule has 5 nitrogen and oxygen atoms in total. The number of primary amides is 1. The van der Waals surface area contributed by atoms with Gasteiger partial charge >= 0.3 is 0 Å². The summed E-state index contributed by atoms with van der Waals surface area (Å²) in [5.74, 6) is -0.878. The molecule has 0 radical (unpaired) electrons. The van der Waals surface area contributed by atoms with E-state index in [1.807, 2.05) is 0 Å². The topological polar surface area (TPSA) is 98.2 Å². The second-order valence-electron chi connectivity index (χ2n) is 2.66. The maximum Gasteiger partial charge on any atom is 0.236 e. The SMILES string of the molecule is C[C@@H](CCN)C(=O)NCC(N)=O. The Morgan fingerprint density at radius 1 is 1.50 bits per heavy atom. The molecule has 0 heterocycles. The summed E-state index contributed by atoms with van der Waals surface area (Å²) in [6.45, 7) is 2.11. The Morgan fingerprint density at radius 3 is 2.50 bits per heavy atom. The molecule has 5 N–H and O–H groups in total. The summed E-state index contributed by atoms with van der Waals surface area (Å²) >= 11 is 0. The second-order valence-corrected chi connectivity index (χ2v) is 2.66. The minimum absolute atomic E-state index is 0.103.